The molecule has 1 heterocycles. The Bertz CT molecular complexity index is 889. The van der Waals surface area contributed by atoms with Gasteiger partial charge in [-0.2, -0.15) is 4.31 Å². The molecule has 0 radical (unpaired) electrons. The molecular weight excluding hydrogens is 457 g/mol. The highest BCUT2D eigenvalue weighted by Crippen LogP contribution is 2.38. The van der Waals surface area contributed by atoms with E-state index in [-0.39, 0.29) is 22.8 Å². The van der Waals surface area contributed by atoms with Gasteiger partial charge in [-0.3, -0.25) is 9.69 Å². The predicted octanol–water partition coefficient (Wildman–Crippen LogP) is 4.61. The number of halogens is 3. The summed E-state index contributed by atoms with van der Waals surface area (Å²) in [6.45, 7) is 4.11. The van der Waals surface area contributed by atoms with Crippen molar-refractivity contribution in [2.24, 2.45) is 0 Å². The Morgan fingerprint density at radius 3 is 2.18 bits per heavy atom. The second-order valence-electron chi connectivity index (χ2n) is 8.98. The Morgan fingerprint density at radius 1 is 1.03 bits per heavy atom. The van der Waals surface area contributed by atoms with E-state index in [4.69, 9.17) is 0 Å². The van der Waals surface area contributed by atoms with Crippen LogP contribution in [0.4, 0.5) is 13.2 Å². The van der Waals surface area contributed by atoms with E-state index in [1.165, 1.54) is 12.1 Å². The fourth-order valence-electron chi connectivity index (χ4n) is 5.09. The second kappa shape index (κ2) is 10.7. The molecule has 3 rings (SSSR count). The Labute approximate surface area is 194 Å². The van der Waals surface area contributed by atoms with Crippen LogP contribution < -0.4 is 4.74 Å². The highest BCUT2D eigenvalue weighted by molar-refractivity contribution is 7.89. The summed E-state index contributed by atoms with van der Waals surface area (Å²) in [5.41, 5.74) is 0.236. The quantitative estimate of drug-likeness (QED) is 0.473. The molecule has 1 aromatic rings. The largest absolute Gasteiger partial charge is 0.573 e. The lowest BCUT2D eigenvalue weighted by Gasteiger charge is -2.50. The molecule has 0 spiro atoms. The van der Waals surface area contributed by atoms with Crippen molar-refractivity contribution in [3.63, 3.8) is 0 Å². The monoisotopic (exact) mass is 490 g/mol. The van der Waals surface area contributed by atoms with Crippen molar-refractivity contribution in [1.29, 1.82) is 0 Å². The average Bonchev–Trinajstić information content (AvgIpc) is 2.78. The molecule has 0 aromatic heterocycles. The molecule has 1 aromatic carbocycles. The van der Waals surface area contributed by atoms with Crippen molar-refractivity contribution in [2.75, 3.05) is 31.9 Å². The van der Waals surface area contributed by atoms with Gasteiger partial charge in [0.15, 0.2) is 5.78 Å². The summed E-state index contributed by atoms with van der Waals surface area (Å²) in [7, 11) is -3.21. The minimum absolute atomic E-state index is 0.109. The Balaban J connectivity index is 1.62. The summed E-state index contributed by atoms with van der Waals surface area (Å²) in [4.78, 5) is 15.2. The molecule has 1 aliphatic carbocycles. The Kier molecular flexibility index (Phi) is 8.45. The first-order chi connectivity index (χ1) is 15.5. The normalized spacial score (nSPS) is 20.5. The molecule has 0 bridgehead atoms. The summed E-state index contributed by atoms with van der Waals surface area (Å²) in [5, 5.41) is 0. The third-order valence-electron chi connectivity index (χ3n) is 6.78. The van der Waals surface area contributed by atoms with Crippen LogP contribution >= 0.6 is 0 Å². The van der Waals surface area contributed by atoms with E-state index in [0.717, 1.165) is 44.2 Å². The zero-order valence-electron chi connectivity index (χ0n) is 19.1. The maximum atomic E-state index is 12.8. The van der Waals surface area contributed by atoms with Crippen LogP contribution in [-0.2, 0) is 10.0 Å². The van der Waals surface area contributed by atoms with Gasteiger partial charge < -0.3 is 4.74 Å². The summed E-state index contributed by atoms with van der Waals surface area (Å²) in [6.07, 6.45) is 2.04. The summed E-state index contributed by atoms with van der Waals surface area (Å²) < 4.78 is 67.3. The molecule has 0 atom stereocenters. The number of sulfonamides is 1. The molecule has 0 amide bonds. The first-order valence-corrected chi connectivity index (χ1v) is 13.3. The van der Waals surface area contributed by atoms with Crippen molar-refractivity contribution in [3.8, 4) is 5.75 Å². The third kappa shape index (κ3) is 6.93. The number of nitrogens with zero attached hydrogens (tertiary/aromatic N) is 2. The topological polar surface area (TPSA) is 66.9 Å². The maximum Gasteiger partial charge on any atom is 0.573 e. The molecule has 186 valence electrons. The van der Waals surface area contributed by atoms with Crippen molar-refractivity contribution in [3.05, 3.63) is 29.8 Å². The first kappa shape index (κ1) is 26.0. The summed E-state index contributed by atoms with van der Waals surface area (Å²) in [5.74, 6) is -0.291. The van der Waals surface area contributed by atoms with Gasteiger partial charge in [0, 0.05) is 43.7 Å². The van der Waals surface area contributed by atoms with Gasteiger partial charge in [-0.25, -0.2) is 8.42 Å². The van der Waals surface area contributed by atoms with Crippen LogP contribution in [0.3, 0.4) is 0 Å². The van der Waals surface area contributed by atoms with E-state index in [1.807, 2.05) is 6.92 Å². The van der Waals surface area contributed by atoms with Crippen LogP contribution in [0.25, 0.3) is 0 Å². The van der Waals surface area contributed by atoms with E-state index >= 15 is 0 Å². The molecule has 10 heteroatoms. The molecule has 33 heavy (non-hydrogen) atoms. The average molecular weight is 491 g/mol. The highest BCUT2D eigenvalue weighted by atomic mass is 32.2. The molecule has 6 nitrogen and oxygen atoms in total. The van der Waals surface area contributed by atoms with Crippen molar-refractivity contribution >= 4 is 15.8 Å². The second-order valence-corrected chi connectivity index (χ2v) is 11.1. The zero-order valence-corrected chi connectivity index (χ0v) is 19.9. The lowest BCUT2D eigenvalue weighted by atomic mass is 9.76. The van der Waals surface area contributed by atoms with Crippen LogP contribution in [0.2, 0.25) is 0 Å². The minimum atomic E-state index is -4.77. The molecule has 2 aliphatic rings. The standard InChI is InChI=1S/C23H33F3N2O4S/c1-2-18-33(30,31)28-16-14-27(15-17-28)22(11-4-3-5-12-22)13-10-21(29)19-6-8-20(9-7-19)32-23(24,25)26/h6-9H,2-5,10-18H2,1H3. The lowest BCUT2D eigenvalue weighted by molar-refractivity contribution is -0.274. The van der Waals surface area contributed by atoms with E-state index in [2.05, 4.69) is 9.64 Å². The smallest absolute Gasteiger partial charge is 0.406 e. The zero-order chi connectivity index (χ0) is 24.1. The van der Waals surface area contributed by atoms with Gasteiger partial charge in [-0.05, 0) is 49.9 Å². The van der Waals surface area contributed by atoms with Gasteiger partial charge in [0.1, 0.15) is 5.75 Å². The maximum absolute atomic E-state index is 12.8. The SMILES string of the molecule is CCCS(=O)(=O)N1CCN(C2(CCC(=O)c3ccc(OC(F)(F)F)cc3)CCCCC2)CC1. The molecule has 0 unspecified atom stereocenters. The minimum Gasteiger partial charge on any atom is -0.406 e. The lowest BCUT2D eigenvalue weighted by Crippen LogP contribution is -2.58. The Hall–Kier alpha value is -1.65. The van der Waals surface area contributed by atoms with Crippen molar-refractivity contribution in [2.45, 2.75) is 70.2 Å². The molecule has 0 N–H and O–H groups in total. The summed E-state index contributed by atoms with van der Waals surface area (Å²) in [6, 6.07) is 5.06. The number of ether oxygens (including phenoxy) is 1. The number of benzene rings is 1. The van der Waals surface area contributed by atoms with Crippen LogP contribution in [-0.4, -0.2) is 67.2 Å². The molecule has 1 saturated carbocycles. The van der Waals surface area contributed by atoms with Gasteiger partial charge in [-0.15, -0.1) is 13.2 Å². The van der Waals surface area contributed by atoms with Gasteiger partial charge in [0.05, 0.1) is 5.75 Å². The molecule has 2 fully saturated rings. The predicted molar refractivity (Wildman–Crippen MR) is 120 cm³/mol. The number of hydrogen-bond acceptors (Lipinski definition) is 5. The van der Waals surface area contributed by atoms with Crippen LogP contribution in [0, 0.1) is 0 Å². The van der Waals surface area contributed by atoms with Crippen molar-refractivity contribution < 1.29 is 31.1 Å². The van der Waals surface area contributed by atoms with E-state index in [1.54, 1.807) is 4.31 Å². The first-order valence-electron chi connectivity index (χ1n) is 11.7. The van der Waals surface area contributed by atoms with E-state index < -0.39 is 16.4 Å². The third-order valence-corrected chi connectivity index (χ3v) is 8.85. The van der Waals surface area contributed by atoms with Gasteiger partial charge in [0.25, 0.3) is 0 Å². The number of alkyl halides is 3. The molecule has 1 saturated heterocycles. The van der Waals surface area contributed by atoms with Crippen LogP contribution in [0.5, 0.6) is 5.75 Å². The van der Waals surface area contributed by atoms with Gasteiger partial charge >= 0.3 is 6.36 Å². The molecular formula is C23H33F3N2O4S. The van der Waals surface area contributed by atoms with Gasteiger partial charge in [0.2, 0.25) is 10.0 Å². The van der Waals surface area contributed by atoms with Crippen LogP contribution in [0.15, 0.2) is 24.3 Å². The summed E-state index contributed by atoms with van der Waals surface area (Å²) >= 11 is 0. The molecule has 1 aliphatic heterocycles. The number of piperazine rings is 1. The number of carbonyl (C=O) groups excluding carboxylic acids is 1. The number of ketones is 1. The number of Topliss-reactive ketones (excluding diaryl/α,β-unsaturated/α-hetero) is 1. The van der Waals surface area contributed by atoms with E-state index in [0.29, 0.717) is 51.0 Å². The Morgan fingerprint density at radius 2 is 1.64 bits per heavy atom. The van der Waals surface area contributed by atoms with Crippen LogP contribution in [0.1, 0.15) is 68.6 Å². The van der Waals surface area contributed by atoms with E-state index in [9.17, 15) is 26.4 Å². The fraction of sp³-hybridized carbons (Fsp3) is 0.696. The number of carbonyl (C=O) groups is 1. The number of hydrogen-bond donors (Lipinski definition) is 0. The van der Waals surface area contributed by atoms with Crippen molar-refractivity contribution in [1.82, 2.24) is 9.21 Å². The number of rotatable bonds is 9. The fourth-order valence-corrected chi connectivity index (χ4v) is 6.59. The highest BCUT2D eigenvalue weighted by Gasteiger charge is 2.40. The van der Waals surface area contributed by atoms with Gasteiger partial charge in [-0.1, -0.05) is 26.2 Å².